The Morgan fingerprint density at radius 3 is 2.35 bits per heavy atom. The number of benzene rings is 1. The first-order chi connectivity index (χ1) is 10.9. The Morgan fingerprint density at radius 1 is 1.17 bits per heavy atom. The van der Waals surface area contributed by atoms with Gasteiger partial charge in [-0.15, -0.1) is 0 Å². The number of nitrogens with zero attached hydrogens (tertiary/aromatic N) is 2. The Bertz CT molecular complexity index is 709. The average molecular weight is 330 g/mol. The van der Waals surface area contributed by atoms with Crippen molar-refractivity contribution in [2.75, 3.05) is 7.05 Å². The molecule has 0 saturated carbocycles. The minimum Gasteiger partial charge on any atom is -0.410 e. The number of imide groups is 1. The fourth-order valence-corrected chi connectivity index (χ4v) is 2.85. The minimum atomic E-state index is -0.693. The molecule has 2 aromatic rings. The van der Waals surface area contributed by atoms with E-state index >= 15 is 0 Å². The van der Waals surface area contributed by atoms with Crippen molar-refractivity contribution < 1.29 is 14.3 Å². The maximum absolute atomic E-state index is 11.8. The van der Waals surface area contributed by atoms with Gasteiger partial charge >= 0.3 is 6.09 Å². The number of carbonyl (C=O) groups is 2. The van der Waals surface area contributed by atoms with Gasteiger partial charge in [0.05, 0.1) is 0 Å². The summed E-state index contributed by atoms with van der Waals surface area (Å²) in [6, 6.07) is 9.32. The van der Waals surface area contributed by atoms with E-state index in [-0.39, 0.29) is 5.91 Å². The second-order valence-corrected chi connectivity index (χ2v) is 6.13. The molecule has 0 atom stereocenters. The number of hydrogen-bond donors (Lipinski definition) is 0. The molecule has 0 aliphatic carbocycles. The molecule has 0 N–H and O–H groups in total. The van der Waals surface area contributed by atoms with Gasteiger partial charge in [0.2, 0.25) is 5.91 Å². The third-order valence-corrected chi connectivity index (χ3v) is 4.53. The molecule has 0 unspecified atom stereocenters. The molecule has 0 aliphatic heterocycles. The predicted octanol–water partition coefficient (Wildman–Crippen LogP) is 3.83. The molecule has 1 heterocycles. The van der Waals surface area contributed by atoms with Crippen LogP contribution in [-0.4, -0.2) is 28.9 Å². The van der Waals surface area contributed by atoms with E-state index in [4.69, 9.17) is 4.74 Å². The summed E-state index contributed by atoms with van der Waals surface area (Å²) in [6.07, 6.45) is 1.06. The van der Waals surface area contributed by atoms with Crippen LogP contribution in [0.1, 0.15) is 18.1 Å². The highest BCUT2D eigenvalue weighted by Crippen LogP contribution is 2.34. The van der Waals surface area contributed by atoms with Gasteiger partial charge in [-0.25, -0.2) is 9.78 Å². The quantitative estimate of drug-likeness (QED) is 0.856. The first-order valence-electron chi connectivity index (χ1n) is 7.04. The number of ether oxygens (including phenoxy) is 1. The predicted molar refractivity (Wildman–Crippen MR) is 88.7 cm³/mol. The van der Waals surface area contributed by atoms with Crippen LogP contribution >= 0.6 is 11.8 Å². The zero-order valence-corrected chi connectivity index (χ0v) is 14.3. The molecule has 6 heteroatoms. The van der Waals surface area contributed by atoms with Crippen molar-refractivity contribution in [2.24, 2.45) is 0 Å². The second-order valence-electron chi connectivity index (χ2n) is 5.10. The van der Waals surface area contributed by atoms with Gasteiger partial charge in [-0.2, -0.15) is 0 Å². The van der Waals surface area contributed by atoms with E-state index in [1.165, 1.54) is 14.0 Å². The lowest BCUT2D eigenvalue weighted by molar-refractivity contribution is -0.125. The molecule has 23 heavy (non-hydrogen) atoms. The molecular weight excluding hydrogens is 312 g/mol. The Kier molecular flexibility index (Phi) is 5.39. The van der Waals surface area contributed by atoms with Gasteiger partial charge in [0, 0.05) is 25.1 Å². The Morgan fingerprint density at radius 2 is 1.83 bits per heavy atom. The van der Waals surface area contributed by atoms with E-state index in [0.29, 0.717) is 5.75 Å². The molecule has 2 amide bonds. The van der Waals surface area contributed by atoms with Crippen molar-refractivity contribution in [2.45, 2.75) is 30.7 Å². The average Bonchev–Trinajstić information content (AvgIpc) is 2.51. The van der Waals surface area contributed by atoms with Gasteiger partial charge in [0.25, 0.3) is 0 Å². The van der Waals surface area contributed by atoms with Gasteiger partial charge in [-0.05, 0) is 49.2 Å². The van der Waals surface area contributed by atoms with Gasteiger partial charge in [0.1, 0.15) is 10.8 Å². The summed E-state index contributed by atoms with van der Waals surface area (Å²) in [7, 11) is 1.38. The normalized spacial score (nSPS) is 10.3. The van der Waals surface area contributed by atoms with Crippen molar-refractivity contribution in [3.8, 4) is 5.75 Å². The Hall–Kier alpha value is -2.34. The highest BCUT2D eigenvalue weighted by molar-refractivity contribution is 7.99. The van der Waals surface area contributed by atoms with E-state index < -0.39 is 6.09 Å². The van der Waals surface area contributed by atoms with Gasteiger partial charge in [-0.1, -0.05) is 17.8 Å². The fraction of sp³-hybridized carbons (Fsp3) is 0.235. The topological polar surface area (TPSA) is 59.5 Å². The number of hydrogen-bond acceptors (Lipinski definition) is 5. The molecule has 0 fully saturated rings. The van der Waals surface area contributed by atoms with E-state index in [2.05, 4.69) is 4.98 Å². The number of carbonyl (C=O) groups excluding carboxylic acids is 2. The zero-order chi connectivity index (χ0) is 17.0. The van der Waals surface area contributed by atoms with Gasteiger partial charge in [-0.3, -0.25) is 9.69 Å². The molecule has 1 aromatic heterocycles. The standard InChI is InChI=1S/C17H18N2O3S/c1-11-9-14(22-17(21)19(4)13(3)20)10-12(2)16(11)23-15-7-5-6-8-18-15/h5-10H,1-4H3. The molecule has 0 bridgehead atoms. The van der Waals surface area contributed by atoms with Crippen LogP contribution in [0.5, 0.6) is 5.75 Å². The van der Waals surface area contributed by atoms with E-state index in [1.807, 2.05) is 32.0 Å². The molecule has 2 rings (SSSR count). The minimum absolute atomic E-state index is 0.370. The summed E-state index contributed by atoms with van der Waals surface area (Å²) >= 11 is 1.56. The van der Waals surface area contributed by atoms with Crippen molar-refractivity contribution >= 4 is 23.8 Å². The molecule has 0 radical (unpaired) electrons. The van der Waals surface area contributed by atoms with Crippen molar-refractivity contribution in [1.82, 2.24) is 9.88 Å². The van der Waals surface area contributed by atoms with Crippen LogP contribution in [0.2, 0.25) is 0 Å². The third-order valence-electron chi connectivity index (χ3n) is 3.23. The Balaban J connectivity index is 2.20. The first kappa shape index (κ1) is 17.0. The molecule has 1 aromatic carbocycles. The van der Waals surface area contributed by atoms with Crippen molar-refractivity contribution in [3.63, 3.8) is 0 Å². The van der Waals surface area contributed by atoms with E-state index in [1.54, 1.807) is 30.1 Å². The summed E-state index contributed by atoms with van der Waals surface area (Å²) in [5.41, 5.74) is 1.96. The molecule has 0 saturated heterocycles. The van der Waals surface area contributed by atoms with Crippen LogP contribution in [0.25, 0.3) is 0 Å². The highest BCUT2D eigenvalue weighted by atomic mass is 32.2. The summed E-state index contributed by atoms with van der Waals surface area (Å²) in [4.78, 5) is 29.3. The second kappa shape index (κ2) is 7.28. The number of aryl methyl sites for hydroxylation is 2. The molecule has 0 aliphatic rings. The molecule has 5 nitrogen and oxygen atoms in total. The SMILES string of the molecule is CC(=O)N(C)C(=O)Oc1cc(C)c(Sc2ccccn2)c(C)c1. The summed E-state index contributed by atoms with van der Waals surface area (Å²) in [5.74, 6) is 0.0502. The van der Waals surface area contributed by atoms with Crippen LogP contribution in [0.4, 0.5) is 4.79 Å². The summed E-state index contributed by atoms with van der Waals surface area (Å²) < 4.78 is 5.25. The maximum atomic E-state index is 11.8. The highest BCUT2D eigenvalue weighted by Gasteiger charge is 2.16. The van der Waals surface area contributed by atoms with Gasteiger partial charge in [0.15, 0.2) is 0 Å². The van der Waals surface area contributed by atoms with Crippen LogP contribution in [-0.2, 0) is 4.79 Å². The summed E-state index contributed by atoms with van der Waals surface area (Å²) in [6.45, 7) is 5.21. The van der Waals surface area contributed by atoms with Crippen LogP contribution in [0.3, 0.4) is 0 Å². The van der Waals surface area contributed by atoms with Gasteiger partial charge < -0.3 is 4.74 Å². The first-order valence-corrected chi connectivity index (χ1v) is 7.86. The lowest BCUT2D eigenvalue weighted by atomic mass is 10.1. The molecule has 120 valence electrons. The van der Waals surface area contributed by atoms with Crippen molar-refractivity contribution in [3.05, 3.63) is 47.7 Å². The van der Waals surface area contributed by atoms with Crippen molar-refractivity contribution in [1.29, 1.82) is 0 Å². The Labute approximate surface area is 139 Å². The maximum Gasteiger partial charge on any atom is 0.421 e. The van der Waals surface area contributed by atoms with Crippen LogP contribution < -0.4 is 4.74 Å². The zero-order valence-electron chi connectivity index (χ0n) is 13.5. The van der Waals surface area contributed by atoms with Crippen LogP contribution in [0.15, 0.2) is 46.5 Å². The fourth-order valence-electron chi connectivity index (χ4n) is 1.94. The number of aromatic nitrogens is 1. The smallest absolute Gasteiger partial charge is 0.410 e. The van der Waals surface area contributed by atoms with E-state index in [0.717, 1.165) is 25.9 Å². The van der Waals surface area contributed by atoms with Crippen LogP contribution in [0, 0.1) is 13.8 Å². The molecular formula is C17H18N2O3S. The molecule has 0 spiro atoms. The number of pyridine rings is 1. The number of rotatable bonds is 3. The lowest BCUT2D eigenvalue weighted by Crippen LogP contribution is -2.33. The number of amides is 2. The largest absolute Gasteiger partial charge is 0.421 e. The third kappa shape index (κ3) is 4.32. The lowest BCUT2D eigenvalue weighted by Gasteiger charge is -2.15. The van der Waals surface area contributed by atoms with E-state index in [9.17, 15) is 9.59 Å². The monoisotopic (exact) mass is 330 g/mol. The summed E-state index contributed by atoms with van der Waals surface area (Å²) in [5, 5.41) is 0.903.